The van der Waals surface area contributed by atoms with Crippen LogP contribution in [0.3, 0.4) is 0 Å². The maximum Gasteiger partial charge on any atom is 0.340 e. The third-order valence-corrected chi connectivity index (χ3v) is 4.36. The van der Waals surface area contributed by atoms with Crippen molar-refractivity contribution in [3.63, 3.8) is 0 Å². The van der Waals surface area contributed by atoms with Crippen molar-refractivity contribution < 1.29 is 23.1 Å². The molecule has 0 spiro atoms. The second kappa shape index (κ2) is 8.12. The monoisotopic (exact) mass is 384 g/mol. The number of H-pyrrole nitrogens is 1. The van der Waals surface area contributed by atoms with Crippen molar-refractivity contribution in [2.24, 2.45) is 0 Å². The Balaban J connectivity index is 1.69. The average Bonchev–Trinajstić information content (AvgIpc) is 3.25. The molecule has 2 heterocycles. The molecule has 1 aromatic carbocycles. The number of ether oxygens (including phenoxy) is 1. The minimum atomic E-state index is -0.456. The molecule has 0 unspecified atom stereocenters. The quantitative estimate of drug-likeness (QED) is 0.626. The van der Waals surface area contributed by atoms with E-state index in [2.05, 4.69) is 10.3 Å². The van der Waals surface area contributed by atoms with Gasteiger partial charge in [-0.15, -0.1) is 0 Å². The summed E-state index contributed by atoms with van der Waals surface area (Å²) >= 11 is 0. The number of rotatable bonds is 6. The lowest BCUT2D eigenvalue weighted by molar-refractivity contribution is 0.0525. The van der Waals surface area contributed by atoms with Crippen LogP contribution in [0.2, 0.25) is 0 Å². The highest BCUT2D eigenvalue weighted by molar-refractivity contribution is 6.00. The lowest BCUT2D eigenvalue weighted by Crippen LogP contribution is -2.23. The second-order valence-electron chi connectivity index (χ2n) is 6.30. The normalized spacial score (nSPS) is 10.7. The van der Waals surface area contributed by atoms with Crippen LogP contribution < -0.4 is 5.32 Å². The third-order valence-electron chi connectivity index (χ3n) is 4.36. The highest BCUT2D eigenvalue weighted by atomic mass is 19.1. The summed E-state index contributed by atoms with van der Waals surface area (Å²) in [6.45, 7) is 5.58. The zero-order valence-electron chi connectivity index (χ0n) is 15.9. The van der Waals surface area contributed by atoms with E-state index in [1.54, 1.807) is 45.0 Å². The van der Waals surface area contributed by atoms with Crippen LogP contribution in [0.1, 0.15) is 44.8 Å². The van der Waals surface area contributed by atoms with Crippen molar-refractivity contribution in [3.8, 4) is 11.3 Å². The Bertz CT molecular complexity index is 1000. The number of halogens is 1. The summed E-state index contributed by atoms with van der Waals surface area (Å²) in [4.78, 5) is 27.5. The van der Waals surface area contributed by atoms with Crippen molar-refractivity contribution in [1.82, 2.24) is 10.3 Å². The number of carbonyl (C=O) groups is 2. The van der Waals surface area contributed by atoms with E-state index in [1.807, 2.05) is 0 Å². The molecule has 0 aliphatic carbocycles. The van der Waals surface area contributed by atoms with Gasteiger partial charge in [0.15, 0.2) is 0 Å². The van der Waals surface area contributed by atoms with Gasteiger partial charge >= 0.3 is 5.97 Å². The number of hydrogen-bond acceptors (Lipinski definition) is 4. The topological polar surface area (TPSA) is 84.3 Å². The second-order valence-corrected chi connectivity index (χ2v) is 6.30. The number of aryl methyl sites for hydroxylation is 1. The van der Waals surface area contributed by atoms with Gasteiger partial charge in [-0.25, -0.2) is 9.18 Å². The van der Waals surface area contributed by atoms with Crippen LogP contribution >= 0.6 is 0 Å². The fourth-order valence-corrected chi connectivity index (χ4v) is 2.98. The van der Waals surface area contributed by atoms with Crippen molar-refractivity contribution in [2.75, 3.05) is 6.61 Å². The van der Waals surface area contributed by atoms with E-state index in [1.165, 1.54) is 12.1 Å². The molecule has 3 aromatic rings. The SMILES string of the molecule is CCOC(=O)c1c(C)[nH]c(C(=O)NCc2ccc(-c3ccc(F)cc3)o2)c1C. The smallest absolute Gasteiger partial charge is 0.340 e. The molecule has 2 N–H and O–H groups in total. The molecule has 0 aliphatic heterocycles. The predicted molar refractivity (Wildman–Crippen MR) is 101 cm³/mol. The number of carbonyl (C=O) groups excluding carboxylic acids is 2. The molecule has 0 atom stereocenters. The first kappa shape index (κ1) is 19.4. The van der Waals surface area contributed by atoms with Gasteiger partial charge in [0.05, 0.1) is 18.7 Å². The van der Waals surface area contributed by atoms with Gasteiger partial charge in [-0.2, -0.15) is 0 Å². The summed E-state index contributed by atoms with van der Waals surface area (Å²) in [6.07, 6.45) is 0. The molecule has 0 fully saturated rings. The van der Waals surface area contributed by atoms with Crippen molar-refractivity contribution in [3.05, 3.63) is 70.5 Å². The molecule has 1 amide bonds. The van der Waals surface area contributed by atoms with Crippen LogP contribution in [-0.4, -0.2) is 23.5 Å². The first-order chi connectivity index (χ1) is 13.4. The van der Waals surface area contributed by atoms with E-state index >= 15 is 0 Å². The summed E-state index contributed by atoms with van der Waals surface area (Å²) in [6, 6.07) is 9.47. The van der Waals surface area contributed by atoms with E-state index in [0.717, 1.165) is 5.56 Å². The average molecular weight is 384 g/mol. The number of benzene rings is 1. The molecule has 3 rings (SSSR count). The van der Waals surface area contributed by atoms with Crippen molar-refractivity contribution >= 4 is 11.9 Å². The lowest BCUT2D eigenvalue weighted by atomic mass is 10.1. The van der Waals surface area contributed by atoms with Gasteiger partial charge < -0.3 is 19.5 Å². The van der Waals surface area contributed by atoms with Crippen LogP contribution in [-0.2, 0) is 11.3 Å². The Kier molecular flexibility index (Phi) is 5.63. The van der Waals surface area contributed by atoms with E-state index in [4.69, 9.17) is 9.15 Å². The molecule has 0 bridgehead atoms. The van der Waals surface area contributed by atoms with Gasteiger partial charge in [-0.3, -0.25) is 4.79 Å². The maximum atomic E-state index is 13.0. The number of esters is 1. The van der Waals surface area contributed by atoms with Gasteiger partial charge in [-0.05, 0) is 62.7 Å². The summed E-state index contributed by atoms with van der Waals surface area (Å²) in [7, 11) is 0. The van der Waals surface area contributed by atoms with E-state index in [0.29, 0.717) is 34.0 Å². The minimum Gasteiger partial charge on any atom is -0.462 e. The van der Waals surface area contributed by atoms with Crippen molar-refractivity contribution in [2.45, 2.75) is 27.3 Å². The third kappa shape index (κ3) is 3.98. The Labute approximate surface area is 161 Å². The van der Waals surface area contributed by atoms with Gasteiger partial charge in [-0.1, -0.05) is 0 Å². The largest absolute Gasteiger partial charge is 0.462 e. The highest BCUT2D eigenvalue weighted by Crippen LogP contribution is 2.23. The summed E-state index contributed by atoms with van der Waals surface area (Å²) < 4.78 is 23.8. The van der Waals surface area contributed by atoms with E-state index in [-0.39, 0.29) is 24.9 Å². The number of furan rings is 1. The van der Waals surface area contributed by atoms with Gasteiger partial charge in [0.2, 0.25) is 0 Å². The zero-order chi connectivity index (χ0) is 20.3. The molecule has 0 saturated carbocycles. The molecule has 2 aromatic heterocycles. The van der Waals surface area contributed by atoms with Crippen LogP contribution in [0.15, 0.2) is 40.8 Å². The summed E-state index contributed by atoms with van der Waals surface area (Å²) in [5.41, 5.74) is 2.56. The molecular weight excluding hydrogens is 363 g/mol. The zero-order valence-corrected chi connectivity index (χ0v) is 15.9. The molecule has 28 heavy (non-hydrogen) atoms. The standard InChI is InChI=1S/C21H21FN2O4/c1-4-27-21(26)18-12(2)19(24-13(18)3)20(25)23-11-16-9-10-17(28-16)14-5-7-15(22)8-6-14/h5-10,24H,4,11H2,1-3H3,(H,23,25). The molecule has 6 nitrogen and oxygen atoms in total. The summed E-state index contributed by atoms with van der Waals surface area (Å²) in [5.74, 6) is 0.0141. The lowest BCUT2D eigenvalue weighted by Gasteiger charge is -2.04. The fraction of sp³-hybridized carbons (Fsp3) is 0.238. The van der Waals surface area contributed by atoms with E-state index < -0.39 is 5.97 Å². The number of aromatic nitrogens is 1. The van der Waals surface area contributed by atoms with Gasteiger partial charge in [0.25, 0.3) is 5.91 Å². The Morgan fingerprint density at radius 2 is 1.86 bits per heavy atom. The van der Waals surface area contributed by atoms with Crippen LogP contribution in [0.4, 0.5) is 4.39 Å². The Morgan fingerprint density at radius 3 is 2.54 bits per heavy atom. The molecule has 0 radical (unpaired) electrons. The first-order valence-electron chi connectivity index (χ1n) is 8.89. The Hall–Kier alpha value is -3.35. The predicted octanol–water partition coefficient (Wildman–Crippen LogP) is 4.14. The number of aromatic amines is 1. The maximum absolute atomic E-state index is 13.0. The molecule has 7 heteroatoms. The first-order valence-corrected chi connectivity index (χ1v) is 8.89. The highest BCUT2D eigenvalue weighted by Gasteiger charge is 2.22. The van der Waals surface area contributed by atoms with Gasteiger partial charge in [0, 0.05) is 11.3 Å². The number of nitrogens with one attached hydrogen (secondary N) is 2. The fourth-order valence-electron chi connectivity index (χ4n) is 2.98. The number of hydrogen-bond donors (Lipinski definition) is 2. The molecular formula is C21H21FN2O4. The van der Waals surface area contributed by atoms with Crippen LogP contribution in [0.5, 0.6) is 0 Å². The van der Waals surface area contributed by atoms with Crippen LogP contribution in [0.25, 0.3) is 11.3 Å². The Morgan fingerprint density at radius 1 is 1.14 bits per heavy atom. The minimum absolute atomic E-state index is 0.173. The molecule has 146 valence electrons. The van der Waals surface area contributed by atoms with Crippen LogP contribution in [0, 0.1) is 19.7 Å². The molecule has 0 aliphatic rings. The van der Waals surface area contributed by atoms with E-state index in [9.17, 15) is 14.0 Å². The molecule has 0 saturated heterocycles. The van der Waals surface area contributed by atoms with Gasteiger partial charge in [0.1, 0.15) is 23.0 Å². The summed E-state index contributed by atoms with van der Waals surface area (Å²) in [5, 5.41) is 2.77. The van der Waals surface area contributed by atoms with Crippen molar-refractivity contribution in [1.29, 1.82) is 0 Å². The number of amides is 1.